The van der Waals surface area contributed by atoms with Crippen molar-refractivity contribution in [3.05, 3.63) is 94.0 Å². The Morgan fingerprint density at radius 1 is 1.13 bits per heavy atom. The molecular weight excluding hydrogens is 515 g/mol. The molecule has 5 rings (SSSR count). The number of rotatable bonds is 6. The number of H-pyrrole nitrogens is 1. The van der Waals surface area contributed by atoms with Crippen LogP contribution in [0.4, 0.5) is 10.1 Å². The Morgan fingerprint density at radius 3 is 2.41 bits per heavy atom. The van der Waals surface area contributed by atoms with Crippen molar-refractivity contribution in [3.63, 3.8) is 0 Å². The molecule has 10 heteroatoms. The molecule has 0 bridgehead atoms. The first-order chi connectivity index (χ1) is 18.9. The van der Waals surface area contributed by atoms with Gasteiger partial charge in [0.05, 0.1) is 17.8 Å². The SMILES string of the molecule is CC(C)NC(=O)C1=C(C2CCN(C(=O)c3ccc(C#N)cc3)CC2)SC(c2cn[nH]c2)N1c1ccc(F)cc1. The molecule has 1 saturated heterocycles. The maximum absolute atomic E-state index is 13.8. The number of aromatic nitrogens is 2. The molecule has 39 heavy (non-hydrogen) atoms. The van der Waals surface area contributed by atoms with Crippen molar-refractivity contribution in [1.29, 1.82) is 5.26 Å². The zero-order chi connectivity index (χ0) is 27.5. The van der Waals surface area contributed by atoms with E-state index in [1.54, 1.807) is 54.4 Å². The largest absolute Gasteiger partial charge is 0.349 e. The number of carbonyl (C=O) groups excluding carboxylic acids is 2. The Hall–Kier alpha value is -4.10. The van der Waals surface area contributed by atoms with Gasteiger partial charge in [0.2, 0.25) is 0 Å². The molecule has 1 aromatic heterocycles. The number of amides is 2. The van der Waals surface area contributed by atoms with Crippen molar-refractivity contribution in [3.8, 4) is 6.07 Å². The summed E-state index contributed by atoms with van der Waals surface area (Å²) >= 11 is 1.61. The Bertz CT molecular complexity index is 1410. The second kappa shape index (κ2) is 11.3. The standard InChI is InChI=1S/C29H29FN6O2S/c1-18(2)34-27(37)25-26(20-11-13-35(14-12-20)28(38)21-5-3-19(15-31)4-6-21)39-29(22-16-32-33-17-22)36(25)24-9-7-23(30)8-10-24/h3-10,16-18,20,29H,11-14H2,1-2H3,(H,32,33)(H,34,37). The molecule has 2 N–H and O–H groups in total. The van der Waals surface area contributed by atoms with Crippen molar-refractivity contribution in [2.24, 2.45) is 5.92 Å². The Morgan fingerprint density at radius 2 is 1.82 bits per heavy atom. The molecule has 3 heterocycles. The maximum atomic E-state index is 13.8. The van der Waals surface area contributed by atoms with E-state index in [4.69, 9.17) is 5.26 Å². The van der Waals surface area contributed by atoms with Crippen molar-refractivity contribution in [2.75, 3.05) is 18.0 Å². The number of hydrogen-bond acceptors (Lipinski definition) is 6. The lowest BCUT2D eigenvalue weighted by Crippen LogP contribution is -2.40. The third-order valence-electron chi connectivity index (χ3n) is 6.91. The first-order valence-electron chi connectivity index (χ1n) is 12.9. The summed E-state index contributed by atoms with van der Waals surface area (Å²) in [6.45, 7) is 4.95. The fourth-order valence-electron chi connectivity index (χ4n) is 5.00. The normalized spacial score (nSPS) is 18.0. The summed E-state index contributed by atoms with van der Waals surface area (Å²) in [5.41, 5.74) is 3.25. The Kier molecular flexibility index (Phi) is 7.70. The summed E-state index contributed by atoms with van der Waals surface area (Å²) in [6, 6.07) is 14.9. The number of halogens is 1. The number of piperidine rings is 1. The molecule has 3 aromatic rings. The summed E-state index contributed by atoms with van der Waals surface area (Å²) in [5.74, 6) is -0.512. The molecule has 1 atom stereocenters. The van der Waals surface area contributed by atoms with Crippen LogP contribution in [0.5, 0.6) is 0 Å². The number of nitrogens with zero attached hydrogens (tertiary/aromatic N) is 4. The highest BCUT2D eigenvalue weighted by molar-refractivity contribution is 8.03. The number of anilines is 1. The van der Waals surface area contributed by atoms with Crippen LogP contribution in [0, 0.1) is 23.1 Å². The number of benzene rings is 2. The van der Waals surface area contributed by atoms with E-state index in [1.165, 1.54) is 12.1 Å². The molecule has 200 valence electrons. The van der Waals surface area contributed by atoms with Crippen LogP contribution >= 0.6 is 11.8 Å². The van der Waals surface area contributed by atoms with Crippen molar-refractivity contribution in [2.45, 2.75) is 38.1 Å². The van der Waals surface area contributed by atoms with Gasteiger partial charge in [-0.05, 0) is 81.1 Å². The molecule has 2 aliphatic heterocycles. The number of carbonyl (C=O) groups is 2. The number of aromatic amines is 1. The minimum Gasteiger partial charge on any atom is -0.349 e. The molecule has 1 unspecified atom stereocenters. The number of nitrogens with one attached hydrogen (secondary N) is 2. The van der Waals surface area contributed by atoms with Crippen LogP contribution in [-0.2, 0) is 4.79 Å². The van der Waals surface area contributed by atoms with Gasteiger partial charge in [-0.15, -0.1) is 0 Å². The van der Waals surface area contributed by atoms with Gasteiger partial charge in [-0.25, -0.2) is 4.39 Å². The number of hydrogen-bond donors (Lipinski definition) is 2. The minimum absolute atomic E-state index is 0.0621. The molecule has 0 spiro atoms. The van der Waals surface area contributed by atoms with E-state index in [2.05, 4.69) is 21.6 Å². The maximum Gasteiger partial charge on any atom is 0.269 e. The van der Waals surface area contributed by atoms with Crippen LogP contribution in [0.2, 0.25) is 0 Å². The molecule has 2 amide bonds. The molecular formula is C29H29FN6O2S. The van der Waals surface area contributed by atoms with Gasteiger partial charge in [0, 0.05) is 47.0 Å². The fraction of sp³-hybridized carbons (Fsp3) is 0.310. The van der Waals surface area contributed by atoms with Crippen molar-refractivity contribution < 1.29 is 14.0 Å². The van der Waals surface area contributed by atoms with Crippen LogP contribution in [0.15, 0.2) is 71.5 Å². The van der Waals surface area contributed by atoms with Crippen LogP contribution < -0.4 is 10.2 Å². The highest BCUT2D eigenvalue weighted by Gasteiger charge is 2.42. The second-order valence-corrected chi connectivity index (χ2v) is 11.1. The third kappa shape index (κ3) is 5.54. The van der Waals surface area contributed by atoms with Crippen LogP contribution in [0.25, 0.3) is 0 Å². The van der Waals surface area contributed by atoms with Gasteiger partial charge in [0.25, 0.3) is 11.8 Å². The predicted molar refractivity (Wildman–Crippen MR) is 148 cm³/mol. The molecule has 0 radical (unpaired) electrons. The number of allylic oxidation sites excluding steroid dienone is 1. The molecule has 8 nitrogen and oxygen atoms in total. The van der Waals surface area contributed by atoms with Gasteiger partial charge < -0.3 is 15.1 Å². The monoisotopic (exact) mass is 544 g/mol. The molecule has 2 aromatic carbocycles. The Balaban J connectivity index is 1.45. The lowest BCUT2D eigenvalue weighted by molar-refractivity contribution is -0.118. The van der Waals surface area contributed by atoms with E-state index in [-0.39, 0.29) is 35.0 Å². The molecule has 0 aliphatic carbocycles. The van der Waals surface area contributed by atoms with Crippen LogP contribution in [0.3, 0.4) is 0 Å². The average molecular weight is 545 g/mol. The van der Waals surface area contributed by atoms with E-state index in [0.717, 1.165) is 10.5 Å². The minimum atomic E-state index is -0.345. The van der Waals surface area contributed by atoms with Gasteiger partial charge in [0.1, 0.15) is 16.9 Å². The first-order valence-corrected chi connectivity index (χ1v) is 13.8. The summed E-state index contributed by atoms with van der Waals surface area (Å²) < 4.78 is 13.8. The number of likely N-dealkylation sites (tertiary alicyclic amines) is 1. The summed E-state index contributed by atoms with van der Waals surface area (Å²) in [4.78, 5) is 31.5. The molecule has 2 aliphatic rings. The summed E-state index contributed by atoms with van der Waals surface area (Å²) in [5, 5.41) is 18.8. The van der Waals surface area contributed by atoms with Crippen molar-refractivity contribution in [1.82, 2.24) is 20.4 Å². The lowest BCUT2D eigenvalue weighted by atomic mass is 9.94. The lowest BCUT2D eigenvalue weighted by Gasteiger charge is -2.33. The van der Waals surface area contributed by atoms with Gasteiger partial charge in [-0.2, -0.15) is 10.4 Å². The Labute approximate surface area is 230 Å². The zero-order valence-corrected chi connectivity index (χ0v) is 22.5. The number of nitriles is 1. The molecule has 1 fully saturated rings. The molecule has 0 saturated carbocycles. The van der Waals surface area contributed by atoms with E-state index in [9.17, 15) is 14.0 Å². The van der Waals surface area contributed by atoms with Gasteiger partial charge in [-0.1, -0.05) is 11.8 Å². The number of thioether (sulfide) groups is 1. The van der Waals surface area contributed by atoms with Crippen LogP contribution in [-0.4, -0.2) is 46.0 Å². The van der Waals surface area contributed by atoms with Gasteiger partial charge in [-0.3, -0.25) is 14.7 Å². The zero-order valence-electron chi connectivity index (χ0n) is 21.7. The first kappa shape index (κ1) is 26.5. The summed E-state index contributed by atoms with van der Waals surface area (Å²) in [7, 11) is 0. The smallest absolute Gasteiger partial charge is 0.269 e. The van der Waals surface area contributed by atoms with Gasteiger partial charge >= 0.3 is 0 Å². The van der Waals surface area contributed by atoms with E-state index < -0.39 is 0 Å². The van der Waals surface area contributed by atoms with Gasteiger partial charge in [0.15, 0.2) is 0 Å². The highest BCUT2D eigenvalue weighted by atomic mass is 32.2. The topological polar surface area (TPSA) is 105 Å². The summed E-state index contributed by atoms with van der Waals surface area (Å²) in [6.07, 6.45) is 4.97. The quantitative estimate of drug-likeness (QED) is 0.455. The average Bonchev–Trinajstić information content (AvgIpc) is 3.61. The third-order valence-corrected chi connectivity index (χ3v) is 8.39. The van der Waals surface area contributed by atoms with Crippen LogP contribution in [0.1, 0.15) is 53.5 Å². The van der Waals surface area contributed by atoms with E-state index in [0.29, 0.717) is 48.4 Å². The van der Waals surface area contributed by atoms with E-state index >= 15 is 0 Å². The fourth-order valence-corrected chi connectivity index (χ4v) is 6.57. The highest BCUT2D eigenvalue weighted by Crippen LogP contribution is 2.53. The predicted octanol–water partition coefficient (Wildman–Crippen LogP) is 4.96. The van der Waals surface area contributed by atoms with Crippen molar-refractivity contribution >= 4 is 29.3 Å². The second-order valence-electron chi connectivity index (χ2n) is 9.94. The van der Waals surface area contributed by atoms with E-state index in [1.807, 2.05) is 29.8 Å².